The maximum absolute atomic E-state index is 16.7. The average molecular weight is 649 g/mol. The van der Waals surface area contributed by atoms with Gasteiger partial charge >= 0.3 is 6.18 Å². The van der Waals surface area contributed by atoms with Crippen LogP contribution in [0.5, 0.6) is 5.88 Å². The van der Waals surface area contributed by atoms with Gasteiger partial charge in [-0.15, -0.1) is 5.10 Å². The molecule has 2 aliphatic rings. The number of likely N-dealkylation sites (tertiary alicyclic amines) is 2. The van der Waals surface area contributed by atoms with Crippen molar-refractivity contribution in [3.05, 3.63) is 41.5 Å². The van der Waals surface area contributed by atoms with Crippen molar-refractivity contribution < 1.29 is 27.1 Å². The minimum Gasteiger partial charge on any atom is -0.474 e. The standard InChI is InChI=1S/C33H32F4N8O2/c1-4-7-25(46)44-15-11-21(17-20(44)10-12-38)45-30-24-16-19(2)26(23-9-5-13-39-31(23)33(35,36)37)27(34)28(24)40-32(29(30)41-42-45)47-18-22-8-6-14-43(22)3/h5,9,13,16,20-22H,6,8,10-11,14-15,17-18H2,1-3H3/t20-,21+,22+/m1/s1. The third-order valence-corrected chi connectivity index (χ3v) is 9.09. The topological polar surface area (TPSA) is 113 Å². The van der Waals surface area contributed by atoms with E-state index in [4.69, 9.17) is 4.74 Å². The number of nitriles is 1. The predicted octanol–water partition coefficient (Wildman–Crippen LogP) is 5.45. The number of pyridine rings is 2. The first-order chi connectivity index (χ1) is 22.5. The minimum atomic E-state index is -4.81. The normalized spacial score (nSPS) is 20.3. The number of rotatable bonds is 6. The molecular formula is C33H32F4N8O2. The number of benzene rings is 1. The van der Waals surface area contributed by atoms with Crippen LogP contribution in [-0.4, -0.2) is 79.5 Å². The third-order valence-electron chi connectivity index (χ3n) is 9.09. The highest BCUT2D eigenvalue weighted by Gasteiger charge is 2.38. The molecule has 0 spiro atoms. The molecule has 0 radical (unpaired) electrons. The molecule has 0 saturated carbocycles. The number of likely N-dealkylation sites (N-methyl/N-ethyl adjacent to an activating group) is 1. The Morgan fingerprint density at radius 2 is 2.00 bits per heavy atom. The highest BCUT2D eigenvalue weighted by Crippen LogP contribution is 2.42. The Morgan fingerprint density at radius 1 is 1.19 bits per heavy atom. The van der Waals surface area contributed by atoms with Crippen LogP contribution in [0.25, 0.3) is 33.1 Å². The number of amides is 1. The lowest BCUT2D eigenvalue weighted by Crippen LogP contribution is -2.46. The molecule has 1 aromatic carbocycles. The van der Waals surface area contributed by atoms with E-state index in [1.807, 2.05) is 7.05 Å². The maximum Gasteiger partial charge on any atom is 0.433 e. The molecule has 2 aliphatic heterocycles. The lowest BCUT2D eigenvalue weighted by atomic mass is 9.94. The molecule has 4 aromatic rings. The molecule has 0 unspecified atom stereocenters. The fourth-order valence-corrected chi connectivity index (χ4v) is 6.78. The number of halogens is 4. The van der Waals surface area contributed by atoms with Gasteiger partial charge in [0, 0.05) is 41.3 Å². The van der Waals surface area contributed by atoms with E-state index < -0.39 is 29.3 Å². The second kappa shape index (κ2) is 12.8. The van der Waals surface area contributed by atoms with Gasteiger partial charge < -0.3 is 14.5 Å². The number of hydrogen-bond acceptors (Lipinski definition) is 8. The van der Waals surface area contributed by atoms with Gasteiger partial charge in [-0.05, 0) is 76.7 Å². The second-order valence-corrected chi connectivity index (χ2v) is 12.0. The lowest BCUT2D eigenvalue weighted by Gasteiger charge is -2.37. The summed E-state index contributed by atoms with van der Waals surface area (Å²) >= 11 is 0. The smallest absolute Gasteiger partial charge is 0.433 e. The largest absolute Gasteiger partial charge is 0.474 e. The number of aromatic nitrogens is 5. The van der Waals surface area contributed by atoms with Crippen molar-refractivity contribution in [1.29, 1.82) is 5.26 Å². The van der Waals surface area contributed by atoms with Crippen molar-refractivity contribution in [2.24, 2.45) is 0 Å². The molecule has 2 fully saturated rings. The number of carbonyl (C=O) groups excluding carboxylic acids is 1. The van der Waals surface area contributed by atoms with Crippen LogP contribution in [-0.2, 0) is 11.0 Å². The Hall–Kier alpha value is -4.82. The summed E-state index contributed by atoms with van der Waals surface area (Å²) in [4.78, 5) is 24.5. The summed E-state index contributed by atoms with van der Waals surface area (Å²) in [7, 11) is 1.99. The van der Waals surface area contributed by atoms with E-state index in [0.717, 1.165) is 25.6 Å². The van der Waals surface area contributed by atoms with Crippen molar-refractivity contribution in [1.82, 2.24) is 34.8 Å². The van der Waals surface area contributed by atoms with Gasteiger partial charge in [-0.1, -0.05) is 17.2 Å². The molecule has 0 N–H and O–H groups in total. The monoisotopic (exact) mass is 648 g/mol. The van der Waals surface area contributed by atoms with E-state index >= 15 is 4.39 Å². The van der Waals surface area contributed by atoms with Crippen molar-refractivity contribution in [3.8, 4) is 34.9 Å². The first kappa shape index (κ1) is 32.1. The van der Waals surface area contributed by atoms with Crippen LogP contribution in [0.15, 0.2) is 24.4 Å². The van der Waals surface area contributed by atoms with Crippen LogP contribution >= 0.6 is 0 Å². The van der Waals surface area contributed by atoms with Crippen LogP contribution in [0, 0.1) is 35.9 Å². The molecule has 0 bridgehead atoms. The first-order valence-corrected chi connectivity index (χ1v) is 15.4. The number of fused-ring (bicyclic) bond motifs is 3. The summed E-state index contributed by atoms with van der Waals surface area (Å²) in [5, 5.41) is 18.7. The molecule has 1 amide bonds. The molecule has 0 aliphatic carbocycles. The zero-order valence-corrected chi connectivity index (χ0v) is 26.1. The fraction of sp³-hybridized carbons (Fsp3) is 0.455. The summed E-state index contributed by atoms with van der Waals surface area (Å²) < 4.78 is 66.5. The van der Waals surface area contributed by atoms with E-state index in [-0.39, 0.29) is 59.1 Å². The van der Waals surface area contributed by atoms with Gasteiger partial charge in [0.25, 0.3) is 5.91 Å². The van der Waals surface area contributed by atoms with Crippen molar-refractivity contribution >= 4 is 27.8 Å². The van der Waals surface area contributed by atoms with Crippen LogP contribution in [0.3, 0.4) is 0 Å². The zero-order valence-electron chi connectivity index (χ0n) is 26.1. The molecule has 244 valence electrons. The quantitative estimate of drug-likeness (QED) is 0.201. The van der Waals surface area contributed by atoms with Crippen LogP contribution in [0.4, 0.5) is 17.6 Å². The van der Waals surface area contributed by atoms with E-state index in [0.29, 0.717) is 30.3 Å². The summed E-state index contributed by atoms with van der Waals surface area (Å²) in [5.41, 5.74) is -1.11. The number of nitrogens with zero attached hydrogens (tertiary/aromatic N) is 8. The molecule has 6 rings (SSSR count). The van der Waals surface area contributed by atoms with E-state index in [2.05, 4.69) is 43.1 Å². The molecule has 47 heavy (non-hydrogen) atoms. The number of hydrogen-bond donors (Lipinski definition) is 0. The first-order valence-electron chi connectivity index (χ1n) is 15.4. The zero-order chi connectivity index (χ0) is 33.5. The van der Waals surface area contributed by atoms with E-state index in [9.17, 15) is 23.2 Å². The maximum atomic E-state index is 16.7. The molecule has 2 saturated heterocycles. The average Bonchev–Trinajstić information content (AvgIpc) is 3.67. The van der Waals surface area contributed by atoms with Gasteiger partial charge in [0.05, 0.1) is 18.5 Å². The van der Waals surface area contributed by atoms with Crippen LogP contribution in [0.1, 0.15) is 56.3 Å². The highest BCUT2D eigenvalue weighted by atomic mass is 19.4. The van der Waals surface area contributed by atoms with E-state index in [1.54, 1.807) is 22.6 Å². The molecule has 10 nitrogen and oxygen atoms in total. The van der Waals surface area contributed by atoms with Gasteiger partial charge in [0.2, 0.25) is 5.88 Å². The summed E-state index contributed by atoms with van der Waals surface area (Å²) in [6, 6.07) is 5.58. The Balaban J connectivity index is 1.52. The van der Waals surface area contributed by atoms with Gasteiger partial charge in [0.15, 0.2) is 17.0 Å². The van der Waals surface area contributed by atoms with Crippen molar-refractivity contribution in [3.63, 3.8) is 0 Å². The molecule has 3 aromatic heterocycles. The van der Waals surface area contributed by atoms with Crippen molar-refractivity contribution in [2.75, 3.05) is 26.7 Å². The van der Waals surface area contributed by atoms with E-state index in [1.165, 1.54) is 19.1 Å². The van der Waals surface area contributed by atoms with Gasteiger partial charge in [0.1, 0.15) is 17.6 Å². The lowest BCUT2D eigenvalue weighted by molar-refractivity contribution is -0.140. The van der Waals surface area contributed by atoms with Crippen LogP contribution < -0.4 is 4.74 Å². The Labute approximate surface area is 268 Å². The Kier molecular flexibility index (Phi) is 8.72. The summed E-state index contributed by atoms with van der Waals surface area (Å²) in [5.74, 6) is 3.87. The number of ether oxygens (including phenoxy) is 1. The summed E-state index contributed by atoms with van der Waals surface area (Å²) in [6.45, 7) is 4.57. The third kappa shape index (κ3) is 5.94. The number of alkyl halides is 3. The van der Waals surface area contributed by atoms with Gasteiger partial charge in [-0.3, -0.25) is 9.78 Å². The molecular weight excluding hydrogens is 616 g/mol. The van der Waals surface area contributed by atoms with Crippen LogP contribution in [0.2, 0.25) is 0 Å². The minimum absolute atomic E-state index is 0.0226. The fourth-order valence-electron chi connectivity index (χ4n) is 6.78. The second-order valence-electron chi connectivity index (χ2n) is 12.0. The van der Waals surface area contributed by atoms with Gasteiger partial charge in [-0.2, -0.15) is 18.4 Å². The predicted molar refractivity (Wildman–Crippen MR) is 164 cm³/mol. The Morgan fingerprint density at radius 3 is 2.70 bits per heavy atom. The molecule has 14 heteroatoms. The summed E-state index contributed by atoms with van der Waals surface area (Å²) in [6.07, 6.45) is -1.000. The van der Waals surface area contributed by atoms with Crippen molar-refractivity contribution in [2.45, 2.75) is 70.3 Å². The number of piperidine rings is 1. The SMILES string of the molecule is CC#CC(=O)N1CC[C@H](n2nnc3c(OC[C@@H]4CCCN4C)nc4c(F)c(-c5cccnc5C(F)(F)F)c(C)cc4c32)C[C@H]1CC#N. The highest BCUT2D eigenvalue weighted by molar-refractivity contribution is 6.06. The molecule has 5 heterocycles. The number of aryl methyl sites for hydroxylation is 1. The number of carbonyl (C=O) groups is 1. The molecule has 3 atom stereocenters. The Bertz CT molecular complexity index is 1960. The van der Waals surface area contributed by atoms with Gasteiger partial charge in [-0.25, -0.2) is 14.1 Å².